The fourth-order valence-electron chi connectivity index (χ4n) is 1.04. The molecule has 13 heavy (non-hydrogen) atoms. The van der Waals surface area contributed by atoms with Crippen LogP contribution in [0.4, 0.5) is 0 Å². The van der Waals surface area contributed by atoms with Crippen molar-refractivity contribution in [2.24, 2.45) is 4.99 Å². The number of rotatable bonds is 3. The van der Waals surface area contributed by atoms with E-state index in [4.69, 9.17) is 0 Å². The van der Waals surface area contributed by atoms with Crippen LogP contribution in [-0.4, -0.2) is 25.0 Å². The Kier molecular flexibility index (Phi) is 2.29. The number of aliphatic imine (C=N–C) groups is 1. The van der Waals surface area contributed by atoms with E-state index in [-0.39, 0.29) is 3.95 Å². The highest BCUT2D eigenvalue weighted by molar-refractivity contribution is 9.21. The lowest BCUT2D eigenvalue weighted by Gasteiger charge is -2.02. The summed E-state index contributed by atoms with van der Waals surface area (Å²) in [5.41, 5.74) is 0. The molecular weight excluding hydrogens is 256 g/mol. The summed E-state index contributed by atoms with van der Waals surface area (Å²) in [5.74, 6) is 0. The molecule has 1 aliphatic heterocycles. The van der Waals surface area contributed by atoms with E-state index in [1.165, 1.54) is 6.20 Å². The quantitative estimate of drug-likeness (QED) is 0.819. The SMILES string of the molecule is O=S1(=O)C(CNC2CC2)=CN=C1Br. The molecule has 1 fully saturated rings. The minimum Gasteiger partial charge on any atom is -0.309 e. The van der Waals surface area contributed by atoms with Crippen molar-refractivity contribution in [2.45, 2.75) is 18.9 Å². The van der Waals surface area contributed by atoms with Crippen LogP contribution in [0.15, 0.2) is 16.1 Å². The van der Waals surface area contributed by atoms with Crippen LogP contribution in [0, 0.1) is 0 Å². The van der Waals surface area contributed by atoms with Gasteiger partial charge in [-0.2, -0.15) is 0 Å². The van der Waals surface area contributed by atoms with Crippen molar-refractivity contribution in [2.75, 3.05) is 6.54 Å². The van der Waals surface area contributed by atoms with Crippen molar-refractivity contribution in [1.29, 1.82) is 0 Å². The molecule has 0 aromatic rings. The maximum atomic E-state index is 11.4. The smallest absolute Gasteiger partial charge is 0.229 e. The van der Waals surface area contributed by atoms with Gasteiger partial charge in [-0.1, -0.05) is 0 Å². The Morgan fingerprint density at radius 1 is 1.62 bits per heavy atom. The van der Waals surface area contributed by atoms with E-state index in [0.29, 0.717) is 17.5 Å². The molecule has 1 N–H and O–H groups in total. The first kappa shape index (κ1) is 9.36. The molecular formula is C7H9BrN2O2S. The fourth-order valence-corrected chi connectivity index (χ4v) is 2.64. The van der Waals surface area contributed by atoms with Gasteiger partial charge < -0.3 is 5.32 Å². The molecule has 0 unspecified atom stereocenters. The van der Waals surface area contributed by atoms with Crippen LogP contribution in [0.1, 0.15) is 12.8 Å². The lowest BCUT2D eigenvalue weighted by molar-refractivity contribution is 0.610. The number of hydrogen-bond donors (Lipinski definition) is 1. The summed E-state index contributed by atoms with van der Waals surface area (Å²) in [4.78, 5) is 4.07. The summed E-state index contributed by atoms with van der Waals surface area (Å²) in [5, 5.41) is 3.13. The van der Waals surface area contributed by atoms with Gasteiger partial charge in [0.15, 0.2) is 0 Å². The third kappa shape index (κ3) is 1.84. The molecule has 0 spiro atoms. The molecule has 0 aromatic heterocycles. The Labute approximate surface area is 85.2 Å². The lowest BCUT2D eigenvalue weighted by atomic mass is 10.5. The van der Waals surface area contributed by atoms with E-state index in [9.17, 15) is 8.42 Å². The van der Waals surface area contributed by atoms with E-state index >= 15 is 0 Å². The Bertz CT molecular complexity index is 381. The molecule has 0 radical (unpaired) electrons. The summed E-state index contributed by atoms with van der Waals surface area (Å²) in [6, 6.07) is 0.510. The summed E-state index contributed by atoms with van der Waals surface area (Å²) in [7, 11) is -3.27. The molecule has 6 heteroatoms. The van der Waals surface area contributed by atoms with E-state index in [2.05, 4.69) is 26.2 Å². The molecule has 0 aromatic carbocycles. The highest BCUT2D eigenvalue weighted by Crippen LogP contribution is 2.23. The van der Waals surface area contributed by atoms with Gasteiger partial charge in [-0.15, -0.1) is 0 Å². The number of nitrogens with zero attached hydrogens (tertiary/aromatic N) is 1. The van der Waals surface area contributed by atoms with Crippen LogP contribution in [0.3, 0.4) is 0 Å². The Morgan fingerprint density at radius 3 is 2.77 bits per heavy atom. The maximum Gasteiger partial charge on any atom is 0.229 e. The third-order valence-electron chi connectivity index (χ3n) is 2.02. The van der Waals surface area contributed by atoms with Crippen molar-refractivity contribution >= 4 is 29.7 Å². The maximum absolute atomic E-state index is 11.4. The Balaban J connectivity index is 2.02. The molecule has 72 valence electrons. The molecule has 2 rings (SSSR count). The molecule has 2 aliphatic rings. The average molecular weight is 265 g/mol. The third-order valence-corrected chi connectivity index (χ3v) is 4.99. The second-order valence-corrected chi connectivity index (χ2v) is 6.33. The molecule has 1 saturated carbocycles. The van der Waals surface area contributed by atoms with Crippen molar-refractivity contribution in [1.82, 2.24) is 5.32 Å². The van der Waals surface area contributed by atoms with Crippen molar-refractivity contribution in [3.05, 3.63) is 11.1 Å². The monoisotopic (exact) mass is 264 g/mol. The van der Waals surface area contributed by atoms with Crippen LogP contribution < -0.4 is 5.32 Å². The first-order chi connectivity index (χ1) is 6.10. The van der Waals surface area contributed by atoms with Crippen LogP contribution in [0.25, 0.3) is 0 Å². The highest BCUT2D eigenvalue weighted by atomic mass is 79.9. The van der Waals surface area contributed by atoms with Crippen LogP contribution >= 0.6 is 15.9 Å². The number of hydrogen-bond acceptors (Lipinski definition) is 4. The van der Waals surface area contributed by atoms with Crippen molar-refractivity contribution < 1.29 is 8.42 Å². The van der Waals surface area contributed by atoms with Crippen LogP contribution in [-0.2, 0) is 9.84 Å². The number of halogens is 1. The first-order valence-corrected chi connectivity index (χ1v) is 6.29. The average Bonchev–Trinajstić information content (AvgIpc) is 2.83. The standard InChI is InChI=1S/C7H9BrN2O2S/c8-7-10-4-6(13(7,11)12)3-9-5-1-2-5/h4-5,9H,1-3H2. The predicted octanol–water partition coefficient (Wildman–Crippen LogP) is 0.759. The minimum absolute atomic E-state index is 0.0209. The van der Waals surface area contributed by atoms with Crippen LogP contribution in [0.5, 0.6) is 0 Å². The Hall–Kier alpha value is -0.200. The normalized spacial score (nSPS) is 25.6. The van der Waals surface area contributed by atoms with Gasteiger partial charge >= 0.3 is 0 Å². The first-order valence-electron chi connectivity index (χ1n) is 4.01. The molecule has 4 nitrogen and oxygen atoms in total. The van der Waals surface area contributed by atoms with Crippen LogP contribution in [0.2, 0.25) is 0 Å². The van der Waals surface area contributed by atoms with Crippen molar-refractivity contribution in [3.8, 4) is 0 Å². The van der Waals surface area contributed by atoms with E-state index < -0.39 is 9.84 Å². The summed E-state index contributed by atoms with van der Waals surface area (Å²) < 4.78 is 22.9. The highest BCUT2D eigenvalue weighted by Gasteiger charge is 2.29. The zero-order valence-electron chi connectivity index (χ0n) is 6.83. The summed E-state index contributed by atoms with van der Waals surface area (Å²) in [6.07, 6.45) is 3.69. The van der Waals surface area contributed by atoms with Gasteiger partial charge in [-0.3, -0.25) is 0 Å². The van der Waals surface area contributed by atoms with Gasteiger partial charge in [0, 0.05) is 18.8 Å². The predicted molar refractivity (Wildman–Crippen MR) is 54.4 cm³/mol. The molecule has 0 bridgehead atoms. The lowest BCUT2D eigenvalue weighted by Crippen LogP contribution is -2.23. The van der Waals surface area contributed by atoms with Gasteiger partial charge in [-0.05, 0) is 28.8 Å². The van der Waals surface area contributed by atoms with Gasteiger partial charge in [-0.25, -0.2) is 13.4 Å². The summed E-state index contributed by atoms with van der Waals surface area (Å²) >= 11 is 2.91. The number of sulfone groups is 1. The second kappa shape index (κ2) is 3.18. The molecule has 1 aliphatic carbocycles. The molecule has 0 amide bonds. The van der Waals surface area contributed by atoms with Gasteiger partial charge in [0.25, 0.3) is 0 Å². The minimum atomic E-state index is -3.27. The van der Waals surface area contributed by atoms with E-state index in [1.807, 2.05) is 0 Å². The zero-order chi connectivity index (χ0) is 9.47. The van der Waals surface area contributed by atoms with Crippen molar-refractivity contribution in [3.63, 3.8) is 0 Å². The largest absolute Gasteiger partial charge is 0.309 e. The van der Waals surface area contributed by atoms with Gasteiger partial charge in [0.05, 0.1) is 4.91 Å². The van der Waals surface area contributed by atoms with E-state index in [0.717, 1.165) is 12.8 Å². The Morgan fingerprint density at radius 2 is 2.31 bits per heavy atom. The summed E-state index contributed by atoms with van der Waals surface area (Å²) in [6.45, 7) is 0.394. The number of nitrogens with one attached hydrogen (secondary N) is 1. The fraction of sp³-hybridized carbons (Fsp3) is 0.571. The molecule has 1 heterocycles. The second-order valence-electron chi connectivity index (χ2n) is 3.14. The van der Waals surface area contributed by atoms with Gasteiger partial charge in [0.2, 0.25) is 13.8 Å². The van der Waals surface area contributed by atoms with Gasteiger partial charge in [0.1, 0.15) is 0 Å². The molecule has 0 atom stereocenters. The van der Waals surface area contributed by atoms with E-state index in [1.54, 1.807) is 0 Å². The zero-order valence-corrected chi connectivity index (χ0v) is 9.23. The molecule has 0 saturated heterocycles. The topological polar surface area (TPSA) is 58.5 Å².